The molecule has 35 heavy (non-hydrogen) atoms. The fourth-order valence-corrected chi connectivity index (χ4v) is 5.09. The zero-order valence-corrected chi connectivity index (χ0v) is 20.8. The van der Waals surface area contributed by atoms with E-state index in [1.165, 1.54) is 28.1 Å². The standard InChI is InChI=1S/C31H29N3O/c1-30(2,3)21-14-17-27-24(19-21)31(4,5)23-9-6-7-11-26(23)34(27)22-15-12-20(13-16-22)28-33-25-10-8-18-32-29(25)35-28/h6-19H,1-5H3. The van der Waals surface area contributed by atoms with E-state index in [-0.39, 0.29) is 10.8 Å². The third-order valence-electron chi connectivity index (χ3n) is 7.13. The Balaban J connectivity index is 1.49. The minimum Gasteiger partial charge on any atom is -0.418 e. The van der Waals surface area contributed by atoms with Crippen molar-refractivity contribution in [1.82, 2.24) is 9.97 Å². The molecule has 0 aliphatic carbocycles. The smallest absolute Gasteiger partial charge is 0.247 e. The van der Waals surface area contributed by atoms with E-state index >= 15 is 0 Å². The van der Waals surface area contributed by atoms with Gasteiger partial charge in [0.15, 0.2) is 0 Å². The van der Waals surface area contributed by atoms with Gasteiger partial charge in [0.05, 0.1) is 11.4 Å². The summed E-state index contributed by atoms with van der Waals surface area (Å²) in [6.45, 7) is 11.5. The van der Waals surface area contributed by atoms with E-state index < -0.39 is 0 Å². The van der Waals surface area contributed by atoms with E-state index in [1.54, 1.807) is 6.20 Å². The van der Waals surface area contributed by atoms with Crippen LogP contribution < -0.4 is 4.90 Å². The summed E-state index contributed by atoms with van der Waals surface area (Å²) in [6.07, 6.45) is 1.72. The number of hydrogen-bond acceptors (Lipinski definition) is 4. The molecule has 6 rings (SSSR count). The quantitative estimate of drug-likeness (QED) is 0.266. The van der Waals surface area contributed by atoms with Crippen LogP contribution in [0.4, 0.5) is 17.1 Å². The monoisotopic (exact) mass is 459 g/mol. The molecule has 0 fully saturated rings. The number of aromatic nitrogens is 2. The molecule has 3 aromatic carbocycles. The maximum atomic E-state index is 5.89. The molecule has 5 aromatic rings. The fourth-order valence-electron chi connectivity index (χ4n) is 5.09. The number of hydrogen-bond donors (Lipinski definition) is 0. The molecule has 0 bridgehead atoms. The normalized spacial score (nSPS) is 14.6. The zero-order valence-electron chi connectivity index (χ0n) is 20.8. The molecule has 0 atom stereocenters. The number of pyridine rings is 1. The lowest BCUT2D eigenvalue weighted by Crippen LogP contribution is -2.31. The fraction of sp³-hybridized carbons (Fsp3) is 0.226. The number of nitrogens with zero attached hydrogens (tertiary/aromatic N) is 3. The van der Waals surface area contributed by atoms with Crippen LogP contribution in [0.25, 0.3) is 22.7 Å². The van der Waals surface area contributed by atoms with Crippen molar-refractivity contribution in [3.8, 4) is 11.5 Å². The van der Waals surface area contributed by atoms with Crippen molar-refractivity contribution >= 4 is 28.3 Å². The molecule has 0 amide bonds. The number of benzene rings is 3. The van der Waals surface area contributed by atoms with Gasteiger partial charge in [-0.15, -0.1) is 0 Å². The summed E-state index contributed by atoms with van der Waals surface area (Å²) in [4.78, 5) is 11.2. The third-order valence-corrected chi connectivity index (χ3v) is 7.13. The van der Waals surface area contributed by atoms with E-state index in [0.29, 0.717) is 11.6 Å². The van der Waals surface area contributed by atoms with Crippen LogP contribution in [-0.2, 0) is 10.8 Å². The highest BCUT2D eigenvalue weighted by molar-refractivity contribution is 5.86. The number of para-hydroxylation sites is 1. The maximum Gasteiger partial charge on any atom is 0.247 e. The highest BCUT2D eigenvalue weighted by Crippen LogP contribution is 2.52. The first-order valence-electron chi connectivity index (χ1n) is 12.1. The number of rotatable bonds is 2. The Morgan fingerprint density at radius 3 is 2.29 bits per heavy atom. The second-order valence-corrected chi connectivity index (χ2v) is 10.9. The molecule has 1 aliphatic rings. The van der Waals surface area contributed by atoms with Crippen LogP contribution in [0.1, 0.15) is 51.3 Å². The van der Waals surface area contributed by atoms with Crippen LogP contribution in [0, 0.1) is 0 Å². The van der Waals surface area contributed by atoms with Gasteiger partial charge in [0, 0.05) is 22.9 Å². The summed E-state index contributed by atoms with van der Waals surface area (Å²) < 4.78 is 5.89. The zero-order chi connectivity index (χ0) is 24.4. The van der Waals surface area contributed by atoms with E-state index in [0.717, 1.165) is 16.8 Å². The lowest BCUT2D eigenvalue weighted by Gasteiger charge is -2.42. The van der Waals surface area contributed by atoms with Crippen molar-refractivity contribution in [2.75, 3.05) is 4.90 Å². The second kappa shape index (κ2) is 7.54. The molecular weight excluding hydrogens is 430 g/mol. The van der Waals surface area contributed by atoms with E-state index in [9.17, 15) is 0 Å². The summed E-state index contributed by atoms with van der Waals surface area (Å²) in [6, 6.07) is 27.9. The Bertz CT molecular complexity index is 1520. The van der Waals surface area contributed by atoms with Crippen molar-refractivity contribution in [2.45, 2.75) is 45.4 Å². The largest absolute Gasteiger partial charge is 0.418 e. The van der Waals surface area contributed by atoms with Crippen LogP contribution in [0.2, 0.25) is 0 Å². The van der Waals surface area contributed by atoms with Gasteiger partial charge >= 0.3 is 0 Å². The SMILES string of the molecule is CC(C)(C)c1ccc2c(c1)C(C)(C)c1ccccc1N2c1ccc(-c2nc3cccnc3o2)cc1. The van der Waals surface area contributed by atoms with Crippen LogP contribution in [0.15, 0.2) is 89.5 Å². The van der Waals surface area contributed by atoms with Gasteiger partial charge in [0.2, 0.25) is 11.6 Å². The van der Waals surface area contributed by atoms with Gasteiger partial charge in [-0.25, -0.2) is 9.97 Å². The molecule has 0 saturated heterocycles. The van der Waals surface area contributed by atoms with Crippen molar-refractivity contribution < 1.29 is 4.42 Å². The molecule has 4 nitrogen and oxygen atoms in total. The Kier molecular flexibility index (Phi) is 4.65. The molecule has 0 N–H and O–H groups in total. The van der Waals surface area contributed by atoms with Gasteiger partial charge in [-0.1, -0.05) is 65.0 Å². The first-order chi connectivity index (χ1) is 16.7. The van der Waals surface area contributed by atoms with E-state index in [1.807, 2.05) is 12.1 Å². The van der Waals surface area contributed by atoms with Gasteiger partial charge in [0.1, 0.15) is 5.52 Å². The highest BCUT2D eigenvalue weighted by Gasteiger charge is 2.37. The summed E-state index contributed by atoms with van der Waals surface area (Å²) in [5.74, 6) is 0.584. The van der Waals surface area contributed by atoms with Gasteiger partial charge in [-0.05, 0) is 70.6 Å². The molecule has 0 spiro atoms. The second-order valence-electron chi connectivity index (χ2n) is 10.9. The molecule has 0 unspecified atom stereocenters. The van der Waals surface area contributed by atoms with Gasteiger partial charge in [-0.3, -0.25) is 0 Å². The first-order valence-corrected chi connectivity index (χ1v) is 12.1. The van der Waals surface area contributed by atoms with Crippen LogP contribution >= 0.6 is 0 Å². The molecule has 1 aliphatic heterocycles. The first kappa shape index (κ1) is 21.6. The van der Waals surface area contributed by atoms with Crippen LogP contribution in [0.3, 0.4) is 0 Å². The van der Waals surface area contributed by atoms with Crippen molar-refractivity contribution in [2.24, 2.45) is 0 Å². The molecule has 0 radical (unpaired) electrons. The third kappa shape index (κ3) is 3.44. The van der Waals surface area contributed by atoms with Gasteiger partial charge < -0.3 is 9.32 Å². The summed E-state index contributed by atoms with van der Waals surface area (Å²) in [5, 5.41) is 0. The average Bonchev–Trinajstić information content (AvgIpc) is 3.28. The minimum atomic E-state index is -0.102. The van der Waals surface area contributed by atoms with Crippen molar-refractivity contribution in [3.63, 3.8) is 0 Å². The highest BCUT2D eigenvalue weighted by atomic mass is 16.4. The Morgan fingerprint density at radius 2 is 1.54 bits per heavy atom. The minimum absolute atomic E-state index is 0.0863. The molecule has 4 heteroatoms. The average molecular weight is 460 g/mol. The molecule has 0 saturated carbocycles. The van der Waals surface area contributed by atoms with Crippen LogP contribution in [-0.4, -0.2) is 9.97 Å². The van der Waals surface area contributed by atoms with Gasteiger partial charge in [0.25, 0.3) is 0 Å². The lowest BCUT2D eigenvalue weighted by molar-refractivity contribution is 0.580. The summed E-state index contributed by atoms with van der Waals surface area (Å²) in [7, 11) is 0. The maximum absolute atomic E-state index is 5.89. The van der Waals surface area contributed by atoms with E-state index in [2.05, 4.69) is 116 Å². The molecule has 174 valence electrons. The molecule has 2 aromatic heterocycles. The number of oxazole rings is 1. The lowest BCUT2D eigenvalue weighted by atomic mass is 9.71. The number of anilines is 3. The van der Waals surface area contributed by atoms with Crippen molar-refractivity contribution in [3.05, 3.63) is 102 Å². The summed E-state index contributed by atoms with van der Waals surface area (Å²) in [5.41, 5.74) is 9.81. The Hall–Kier alpha value is -3.92. The molecular formula is C31H29N3O. The van der Waals surface area contributed by atoms with Crippen LogP contribution in [0.5, 0.6) is 0 Å². The van der Waals surface area contributed by atoms with Crippen molar-refractivity contribution in [1.29, 1.82) is 0 Å². The Labute approximate surface area is 206 Å². The number of fused-ring (bicyclic) bond motifs is 3. The topological polar surface area (TPSA) is 42.2 Å². The van der Waals surface area contributed by atoms with E-state index in [4.69, 9.17) is 4.42 Å². The van der Waals surface area contributed by atoms with Gasteiger partial charge in [-0.2, -0.15) is 0 Å². The molecule has 3 heterocycles. The predicted octanol–water partition coefficient (Wildman–Crippen LogP) is 8.30. The Morgan fingerprint density at radius 1 is 0.800 bits per heavy atom. The predicted molar refractivity (Wildman–Crippen MR) is 143 cm³/mol. The summed E-state index contributed by atoms with van der Waals surface area (Å²) >= 11 is 0.